The van der Waals surface area contributed by atoms with Crippen molar-refractivity contribution in [3.05, 3.63) is 58.6 Å². The zero-order valence-electron chi connectivity index (χ0n) is 11.7. The molecule has 0 aliphatic heterocycles. The molecule has 1 atom stereocenters. The van der Waals surface area contributed by atoms with Crippen molar-refractivity contribution in [3.63, 3.8) is 0 Å². The van der Waals surface area contributed by atoms with Crippen molar-refractivity contribution in [1.82, 2.24) is 0 Å². The minimum absolute atomic E-state index is 0.0109. The lowest BCUT2D eigenvalue weighted by Gasteiger charge is -2.13. The van der Waals surface area contributed by atoms with Crippen molar-refractivity contribution in [2.75, 3.05) is 5.75 Å². The smallest absolute Gasteiger partial charge is 0.120 e. The number of thioether (sulfide) groups is 1. The molecule has 1 aliphatic carbocycles. The first kappa shape index (κ1) is 14.9. The molecule has 2 N–H and O–H groups in total. The number of benzene rings is 2. The van der Waals surface area contributed by atoms with E-state index in [0.29, 0.717) is 6.10 Å². The zero-order valence-corrected chi connectivity index (χ0v) is 14.1. The molecule has 0 amide bonds. The molecule has 2 aromatic carbocycles. The third kappa shape index (κ3) is 4.50. The molecule has 21 heavy (non-hydrogen) atoms. The topological polar surface area (TPSA) is 35.2 Å². The summed E-state index contributed by atoms with van der Waals surface area (Å²) in [6, 6.07) is 16.5. The molecule has 1 aliphatic rings. The molecular formula is C17H18BrNOS. The first-order valence-electron chi connectivity index (χ1n) is 7.11. The van der Waals surface area contributed by atoms with Crippen LogP contribution in [-0.2, 0) is 0 Å². The van der Waals surface area contributed by atoms with Crippen LogP contribution in [-0.4, -0.2) is 11.9 Å². The van der Waals surface area contributed by atoms with Gasteiger partial charge in [0.15, 0.2) is 0 Å². The third-order valence-electron chi connectivity index (χ3n) is 3.34. The van der Waals surface area contributed by atoms with E-state index < -0.39 is 0 Å². The summed E-state index contributed by atoms with van der Waals surface area (Å²) in [5.74, 6) is 1.79. The highest BCUT2D eigenvalue weighted by Crippen LogP contribution is 2.30. The summed E-state index contributed by atoms with van der Waals surface area (Å²) in [4.78, 5) is 1.23. The molecule has 1 unspecified atom stereocenters. The summed E-state index contributed by atoms with van der Waals surface area (Å²) >= 11 is 5.27. The van der Waals surface area contributed by atoms with E-state index in [4.69, 9.17) is 10.5 Å². The number of rotatable bonds is 6. The van der Waals surface area contributed by atoms with Crippen LogP contribution in [0.3, 0.4) is 0 Å². The molecule has 110 valence electrons. The molecule has 3 rings (SSSR count). The monoisotopic (exact) mass is 363 g/mol. The largest absolute Gasteiger partial charge is 0.490 e. The first-order valence-corrected chi connectivity index (χ1v) is 8.89. The van der Waals surface area contributed by atoms with Gasteiger partial charge < -0.3 is 10.5 Å². The van der Waals surface area contributed by atoms with Gasteiger partial charge in [0.05, 0.1) is 6.10 Å². The fraction of sp³-hybridized carbons (Fsp3) is 0.294. The molecule has 2 nitrogen and oxygen atoms in total. The van der Waals surface area contributed by atoms with E-state index in [1.54, 1.807) is 11.8 Å². The van der Waals surface area contributed by atoms with E-state index in [1.165, 1.54) is 17.7 Å². The summed E-state index contributed by atoms with van der Waals surface area (Å²) in [5, 5.41) is 0. The molecular weight excluding hydrogens is 346 g/mol. The van der Waals surface area contributed by atoms with Crippen LogP contribution in [0.15, 0.2) is 57.9 Å². The van der Waals surface area contributed by atoms with Crippen LogP contribution in [0, 0.1) is 0 Å². The van der Waals surface area contributed by atoms with E-state index in [0.717, 1.165) is 21.5 Å². The van der Waals surface area contributed by atoms with Gasteiger partial charge in [0.1, 0.15) is 5.75 Å². The number of halogens is 1. The van der Waals surface area contributed by atoms with Crippen molar-refractivity contribution in [3.8, 4) is 5.75 Å². The quantitative estimate of drug-likeness (QED) is 0.749. The van der Waals surface area contributed by atoms with E-state index in [-0.39, 0.29) is 6.04 Å². The lowest BCUT2D eigenvalue weighted by molar-refractivity contribution is 0.303. The lowest BCUT2D eigenvalue weighted by atomic mass is 10.1. The molecule has 2 aromatic rings. The summed E-state index contributed by atoms with van der Waals surface area (Å²) in [5.41, 5.74) is 7.44. The number of ether oxygens (including phenoxy) is 1. The minimum Gasteiger partial charge on any atom is -0.490 e. The maximum atomic E-state index is 6.31. The van der Waals surface area contributed by atoms with Crippen molar-refractivity contribution < 1.29 is 4.74 Å². The normalized spacial score (nSPS) is 15.7. The van der Waals surface area contributed by atoms with E-state index in [1.807, 2.05) is 24.3 Å². The predicted octanol–water partition coefficient (Wildman–Crippen LogP) is 4.78. The fourth-order valence-electron chi connectivity index (χ4n) is 2.04. The van der Waals surface area contributed by atoms with Gasteiger partial charge >= 0.3 is 0 Å². The van der Waals surface area contributed by atoms with E-state index >= 15 is 0 Å². The Kier molecular flexibility index (Phi) is 4.88. The van der Waals surface area contributed by atoms with E-state index in [9.17, 15) is 0 Å². The first-order chi connectivity index (χ1) is 10.2. The molecule has 0 spiro atoms. The minimum atomic E-state index is 0.0109. The fourth-order valence-corrected chi connectivity index (χ4v) is 3.54. The van der Waals surface area contributed by atoms with Gasteiger partial charge in [-0.1, -0.05) is 34.1 Å². The molecule has 0 aromatic heterocycles. The molecule has 0 radical (unpaired) electrons. The second-order valence-corrected chi connectivity index (χ2v) is 7.27. The van der Waals surface area contributed by atoms with Crippen LogP contribution in [0.2, 0.25) is 0 Å². The van der Waals surface area contributed by atoms with Crippen LogP contribution in [0.25, 0.3) is 0 Å². The Balaban J connectivity index is 1.60. The molecule has 0 bridgehead atoms. The van der Waals surface area contributed by atoms with Crippen LogP contribution < -0.4 is 10.5 Å². The summed E-state index contributed by atoms with van der Waals surface area (Å²) < 4.78 is 6.92. The average molecular weight is 364 g/mol. The van der Waals surface area contributed by atoms with Crippen molar-refractivity contribution >= 4 is 27.7 Å². The molecule has 0 saturated heterocycles. The third-order valence-corrected chi connectivity index (χ3v) is 4.95. The molecule has 1 saturated carbocycles. The molecule has 0 heterocycles. The Labute approximate surface area is 138 Å². The highest BCUT2D eigenvalue weighted by molar-refractivity contribution is 9.10. The highest BCUT2D eigenvalue weighted by atomic mass is 79.9. The number of hydrogen-bond donors (Lipinski definition) is 1. The highest BCUT2D eigenvalue weighted by Gasteiger charge is 2.23. The Morgan fingerprint density at radius 2 is 2.00 bits per heavy atom. The van der Waals surface area contributed by atoms with Crippen LogP contribution in [0.5, 0.6) is 5.75 Å². The Bertz CT molecular complexity index is 615. The van der Waals surface area contributed by atoms with Gasteiger partial charge in [-0.15, -0.1) is 11.8 Å². The summed E-state index contributed by atoms with van der Waals surface area (Å²) in [6.45, 7) is 0. The molecule has 4 heteroatoms. The van der Waals surface area contributed by atoms with Gasteiger partial charge in [-0.05, 0) is 48.7 Å². The number of nitrogens with two attached hydrogens (primary N) is 1. The Morgan fingerprint density at radius 1 is 1.19 bits per heavy atom. The van der Waals surface area contributed by atoms with Crippen LogP contribution in [0.1, 0.15) is 24.4 Å². The lowest BCUT2D eigenvalue weighted by Crippen LogP contribution is -2.13. The SMILES string of the molecule is NC(CSc1cccc(Br)c1)c1cccc(OC2CC2)c1. The van der Waals surface area contributed by atoms with Crippen LogP contribution >= 0.6 is 27.7 Å². The summed E-state index contributed by atoms with van der Waals surface area (Å²) in [7, 11) is 0. The van der Waals surface area contributed by atoms with Crippen molar-refractivity contribution in [2.24, 2.45) is 5.73 Å². The van der Waals surface area contributed by atoms with Crippen molar-refractivity contribution in [1.29, 1.82) is 0 Å². The van der Waals surface area contributed by atoms with Gasteiger partial charge in [-0.2, -0.15) is 0 Å². The molecule has 1 fully saturated rings. The average Bonchev–Trinajstić information content (AvgIpc) is 3.29. The van der Waals surface area contributed by atoms with Gasteiger partial charge in [-0.25, -0.2) is 0 Å². The Morgan fingerprint density at radius 3 is 2.76 bits per heavy atom. The number of hydrogen-bond acceptors (Lipinski definition) is 3. The van der Waals surface area contributed by atoms with E-state index in [2.05, 4.69) is 40.2 Å². The Hall–Kier alpha value is -0.970. The second kappa shape index (κ2) is 6.86. The van der Waals surface area contributed by atoms with Gasteiger partial charge in [0.25, 0.3) is 0 Å². The predicted molar refractivity (Wildman–Crippen MR) is 91.9 cm³/mol. The standard InChI is InChI=1S/C17H18BrNOS/c18-13-4-2-6-16(10-13)21-11-17(19)12-3-1-5-15(9-12)20-14-7-8-14/h1-6,9-10,14,17H,7-8,11,19H2. The van der Waals surface area contributed by atoms with Crippen molar-refractivity contribution in [2.45, 2.75) is 29.9 Å². The summed E-state index contributed by atoms with van der Waals surface area (Å²) in [6.07, 6.45) is 2.77. The zero-order chi connectivity index (χ0) is 14.7. The second-order valence-electron chi connectivity index (χ2n) is 5.26. The van der Waals surface area contributed by atoms with Gasteiger partial charge in [0.2, 0.25) is 0 Å². The maximum Gasteiger partial charge on any atom is 0.120 e. The van der Waals surface area contributed by atoms with Crippen LogP contribution in [0.4, 0.5) is 0 Å². The van der Waals surface area contributed by atoms with Gasteiger partial charge in [-0.3, -0.25) is 0 Å². The maximum absolute atomic E-state index is 6.31. The van der Waals surface area contributed by atoms with Gasteiger partial charge in [0, 0.05) is 21.2 Å².